The Bertz CT molecular complexity index is 197. The van der Waals surface area contributed by atoms with Crippen molar-refractivity contribution in [2.24, 2.45) is 0 Å². The molecule has 0 N–H and O–H groups in total. The molecule has 0 aromatic carbocycles. The number of rotatable bonds is 0. The van der Waals surface area contributed by atoms with Crippen molar-refractivity contribution in [3.05, 3.63) is 0 Å². The molecule has 1 heterocycles. The summed E-state index contributed by atoms with van der Waals surface area (Å²) in [6, 6.07) is 0.0604. The molecular weight excluding hydrogens is 181 g/mol. The van der Waals surface area contributed by atoms with E-state index in [1.165, 1.54) is 0 Å². The molecule has 0 spiro atoms. The molecule has 1 saturated heterocycles. The van der Waals surface area contributed by atoms with Gasteiger partial charge in [-0.25, -0.2) is 0 Å². The molecule has 0 amide bonds. The maximum Gasteiger partial charge on any atom is 1.00 e. The largest absolute Gasteiger partial charge is 1.00 e. The van der Waals surface area contributed by atoms with Gasteiger partial charge in [0.25, 0.3) is 0 Å². The Hall–Kier alpha value is 0.786. The quantitative estimate of drug-likeness (QED) is 0.225. The van der Waals surface area contributed by atoms with E-state index >= 15 is 0 Å². The van der Waals surface area contributed by atoms with Crippen LogP contribution in [0.3, 0.4) is 0 Å². The zero-order chi connectivity index (χ0) is 8.10. The second-order valence-electron chi connectivity index (χ2n) is 2.44. The van der Waals surface area contributed by atoms with Crippen LogP contribution in [0.4, 0.5) is 0 Å². The van der Waals surface area contributed by atoms with Gasteiger partial charge in [-0.05, 0) is 7.05 Å². The first-order valence-corrected chi connectivity index (χ1v) is 3.50. The van der Waals surface area contributed by atoms with Crippen LogP contribution >= 0.6 is 0 Å². The van der Waals surface area contributed by atoms with E-state index < -0.39 is 0 Å². The van der Waals surface area contributed by atoms with E-state index in [4.69, 9.17) is 4.74 Å². The molecule has 0 aromatic rings. The number of nitrogens with zero attached hydrogens (tertiary/aromatic N) is 1. The van der Waals surface area contributed by atoms with Gasteiger partial charge in [-0.2, -0.15) is 0 Å². The van der Waals surface area contributed by atoms with E-state index in [2.05, 4.69) is 16.7 Å². The predicted molar refractivity (Wildman–Crippen MR) is 40.7 cm³/mol. The SMILES string of the molecule is CN1CCOCC1C#C[C-]=O.[K+]. The fraction of sp³-hybridized carbons (Fsp3) is 0.625. The first-order chi connectivity index (χ1) is 5.34. The summed E-state index contributed by atoms with van der Waals surface area (Å²) in [6.45, 7) is 2.21. The molecule has 12 heavy (non-hydrogen) atoms. The van der Waals surface area contributed by atoms with E-state index in [0.29, 0.717) is 6.61 Å². The van der Waals surface area contributed by atoms with Crippen molar-refractivity contribution in [1.29, 1.82) is 0 Å². The second kappa shape index (κ2) is 7.21. The molecule has 0 aliphatic carbocycles. The van der Waals surface area contributed by atoms with Gasteiger partial charge in [-0.15, -0.1) is 0 Å². The number of likely N-dealkylation sites (N-methyl/N-ethyl adjacent to an activating group) is 1. The zero-order valence-corrected chi connectivity index (χ0v) is 10.6. The Balaban J connectivity index is 0.00000121. The van der Waals surface area contributed by atoms with Crippen LogP contribution in [0.2, 0.25) is 0 Å². The van der Waals surface area contributed by atoms with Crippen LogP contribution in [0.5, 0.6) is 0 Å². The van der Waals surface area contributed by atoms with Gasteiger partial charge in [0.15, 0.2) is 0 Å². The molecule has 3 nitrogen and oxygen atoms in total. The fourth-order valence-corrected chi connectivity index (χ4v) is 0.951. The van der Waals surface area contributed by atoms with Crippen molar-refractivity contribution in [2.75, 3.05) is 26.8 Å². The van der Waals surface area contributed by atoms with E-state index in [0.717, 1.165) is 13.2 Å². The van der Waals surface area contributed by atoms with Crippen LogP contribution in [0.15, 0.2) is 0 Å². The van der Waals surface area contributed by atoms with Crippen molar-refractivity contribution in [2.45, 2.75) is 6.04 Å². The van der Waals surface area contributed by atoms with Gasteiger partial charge < -0.3 is 20.4 Å². The summed E-state index contributed by atoms with van der Waals surface area (Å²) in [7, 11) is 1.96. The number of hydrogen-bond donors (Lipinski definition) is 0. The number of morpholine rings is 1. The Morgan fingerprint density at radius 1 is 1.67 bits per heavy atom. The van der Waals surface area contributed by atoms with Gasteiger partial charge >= 0.3 is 51.4 Å². The molecule has 60 valence electrons. The summed E-state index contributed by atoms with van der Waals surface area (Å²) < 4.78 is 5.18. The van der Waals surface area contributed by atoms with Crippen LogP contribution in [0.1, 0.15) is 0 Å². The minimum absolute atomic E-state index is 0. The Morgan fingerprint density at radius 3 is 3.00 bits per heavy atom. The molecule has 0 aromatic heterocycles. The average Bonchev–Trinajstić information content (AvgIpc) is 2.03. The van der Waals surface area contributed by atoms with Crippen LogP contribution in [0.25, 0.3) is 0 Å². The van der Waals surface area contributed by atoms with Gasteiger partial charge in [-0.3, -0.25) is 5.92 Å². The second-order valence-corrected chi connectivity index (χ2v) is 2.44. The molecule has 1 aliphatic heterocycles. The van der Waals surface area contributed by atoms with Crippen molar-refractivity contribution in [1.82, 2.24) is 4.90 Å². The first kappa shape index (κ1) is 12.8. The third kappa shape index (κ3) is 4.15. The Labute approximate surface area is 115 Å². The van der Waals surface area contributed by atoms with E-state index in [-0.39, 0.29) is 57.4 Å². The Morgan fingerprint density at radius 2 is 2.42 bits per heavy atom. The molecule has 1 unspecified atom stereocenters. The van der Waals surface area contributed by atoms with E-state index in [1.807, 2.05) is 7.05 Å². The summed E-state index contributed by atoms with van der Waals surface area (Å²) >= 11 is 0. The average molecular weight is 191 g/mol. The normalized spacial score (nSPS) is 23.2. The van der Waals surface area contributed by atoms with Gasteiger partial charge in [0.1, 0.15) is 0 Å². The molecule has 1 aliphatic rings. The first-order valence-electron chi connectivity index (χ1n) is 3.50. The summed E-state index contributed by atoms with van der Waals surface area (Å²) in [5.41, 5.74) is 0. The fourth-order valence-electron chi connectivity index (χ4n) is 0.951. The van der Waals surface area contributed by atoms with Crippen LogP contribution in [-0.4, -0.2) is 44.0 Å². The van der Waals surface area contributed by atoms with Crippen LogP contribution in [0, 0.1) is 11.8 Å². The minimum Gasteiger partial charge on any atom is -0.409 e. The number of carbonyl (C=O) groups excluding carboxylic acids is 1. The predicted octanol–water partition coefficient (Wildman–Crippen LogP) is -3.57. The standard InChI is InChI=1S/C8H10NO2.K/c1-9-4-6-11-7-8(9)3-2-5-10;/h8H,4,6-7H2,1H3;/q-1;+1. The molecule has 1 rings (SSSR count). The smallest absolute Gasteiger partial charge is 0.409 e. The summed E-state index contributed by atoms with van der Waals surface area (Å²) in [4.78, 5) is 11.9. The molecule has 0 radical (unpaired) electrons. The third-order valence-electron chi connectivity index (χ3n) is 1.69. The molecule has 1 fully saturated rings. The van der Waals surface area contributed by atoms with E-state index in [1.54, 1.807) is 6.29 Å². The van der Waals surface area contributed by atoms with Gasteiger partial charge in [-0.1, -0.05) is 0 Å². The molecular formula is C8H10KNO2. The summed E-state index contributed by atoms with van der Waals surface area (Å²) in [5, 5.41) is 0. The van der Waals surface area contributed by atoms with Crippen molar-refractivity contribution < 1.29 is 60.9 Å². The van der Waals surface area contributed by atoms with Crippen molar-refractivity contribution >= 4 is 6.29 Å². The minimum atomic E-state index is 0. The van der Waals surface area contributed by atoms with Gasteiger partial charge in [0, 0.05) is 18.9 Å². The number of hydrogen-bond acceptors (Lipinski definition) is 3. The molecule has 1 atom stereocenters. The van der Waals surface area contributed by atoms with Gasteiger partial charge in [0.2, 0.25) is 0 Å². The van der Waals surface area contributed by atoms with E-state index in [9.17, 15) is 4.79 Å². The number of ether oxygens (including phenoxy) is 1. The van der Waals surface area contributed by atoms with Crippen LogP contribution in [-0.2, 0) is 9.53 Å². The van der Waals surface area contributed by atoms with Crippen LogP contribution < -0.4 is 51.4 Å². The monoisotopic (exact) mass is 191 g/mol. The Kier molecular flexibility index (Phi) is 7.69. The topological polar surface area (TPSA) is 29.5 Å². The van der Waals surface area contributed by atoms with Crippen molar-refractivity contribution in [3.8, 4) is 11.8 Å². The molecule has 0 bridgehead atoms. The van der Waals surface area contributed by atoms with Gasteiger partial charge in [0.05, 0.1) is 13.2 Å². The maximum atomic E-state index is 9.80. The zero-order valence-electron chi connectivity index (χ0n) is 7.46. The maximum absolute atomic E-state index is 9.80. The molecule has 4 heteroatoms. The third-order valence-corrected chi connectivity index (χ3v) is 1.69. The summed E-state index contributed by atoms with van der Waals surface area (Å²) in [6.07, 6.45) is 1.54. The summed E-state index contributed by atoms with van der Waals surface area (Å²) in [5.74, 6) is 5.02. The molecule has 0 saturated carbocycles. The van der Waals surface area contributed by atoms with Crippen molar-refractivity contribution in [3.63, 3.8) is 0 Å².